The molecule has 0 radical (unpaired) electrons. The summed E-state index contributed by atoms with van der Waals surface area (Å²) in [6, 6.07) is 0. The van der Waals surface area contributed by atoms with Crippen molar-refractivity contribution in [2.24, 2.45) is 11.8 Å². The average Bonchev–Trinajstić information content (AvgIpc) is 2.71. The van der Waals surface area contributed by atoms with E-state index in [1.165, 1.54) is 6.54 Å². The van der Waals surface area contributed by atoms with Gasteiger partial charge in [-0.3, -0.25) is 9.69 Å². The van der Waals surface area contributed by atoms with Crippen LogP contribution in [-0.4, -0.2) is 49.1 Å². The molecule has 0 bridgehead atoms. The van der Waals surface area contributed by atoms with Crippen LogP contribution in [-0.2, 0) is 4.79 Å². The van der Waals surface area contributed by atoms with Crippen molar-refractivity contribution in [2.45, 2.75) is 26.3 Å². The molecule has 16 heavy (non-hydrogen) atoms. The maximum atomic E-state index is 10.8. The number of nitrogens with zero attached hydrogens (tertiary/aromatic N) is 1. The lowest BCUT2D eigenvalue weighted by molar-refractivity contribution is -0.119. The summed E-state index contributed by atoms with van der Waals surface area (Å²) in [4.78, 5) is 13.4. The first kappa shape index (κ1) is 11.9. The first-order valence-corrected chi connectivity index (χ1v) is 6.22. The summed E-state index contributed by atoms with van der Waals surface area (Å²) < 4.78 is 0. The number of carbonyl (C=O) groups excluding carboxylic acids is 1. The van der Waals surface area contributed by atoms with Crippen LogP contribution in [0.2, 0.25) is 0 Å². The Bertz CT molecular complexity index is 277. The normalized spacial score (nSPS) is 32.7. The van der Waals surface area contributed by atoms with Gasteiger partial charge in [-0.2, -0.15) is 0 Å². The highest BCUT2D eigenvalue weighted by Crippen LogP contribution is 2.39. The van der Waals surface area contributed by atoms with Crippen LogP contribution in [0.4, 0.5) is 0 Å². The van der Waals surface area contributed by atoms with Gasteiger partial charge in [-0.1, -0.05) is 0 Å². The Labute approximate surface area is 97.8 Å². The van der Waals surface area contributed by atoms with Crippen LogP contribution in [0, 0.1) is 11.8 Å². The van der Waals surface area contributed by atoms with E-state index in [0.29, 0.717) is 0 Å². The molecule has 2 rings (SSSR count). The van der Waals surface area contributed by atoms with Gasteiger partial charge in [0.2, 0.25) is 5.91 Å². The van der Waals surface area contributed by atoms with Gasteiger partial charge in [-0.05, 0) is 32.2 Å². The van der Waals surface area contributed by atoms with Gasteiger partial charge in [-0.25, -0.2) is 0 Å². The van der Waals surface area contributed by atoms with Crippen LogP contribution in [0.25, 0.3) is 0 Å². The summed E-state index contributed by atoms with van der Waals surface area (Å²) in [6.45, 7) is 11.5. The van der Waals surface area contributed by atoms with Crippen LogP contribution in [0.5, 0.6) is 0 Å². The van der Waals surface area contributed by atoms with Crippen molar-refractivity contribution in [3.63, 3.8) is 0 Å². The standard InChI is InChI=1S/C12H23N3O/c1-9(16)14-4-5-15-8-10-6-13-7-11(10)12(15,2)3/h10-11,13H,4-8H2,1-3H3,(H,14,16). The summed E-state index contributed by atoms with van der Waals surface area (Å²) in [5, 5.41) is 6.36. The molecule has 2 unspecified atom stereocenters. The van der Waals surface area contributed by atoms with E-state index in [0.717, 1.165) is 38.0 Å². The first-order chi connectivity index (χ1) is 7.51. The molecule has 0 aromatic heterocycles. The molecule has 1 amide bonds. The van der Waals surface area contributed by atoms with E-state index in [2.05, 4.69) is 29.4 Å². The maximum absolute atomic E-state index is 10.8. The summed E-state index contributed by atoms with van der Waals surface area (Å²) in [5.74, 6) is 1.64. The number of fused-ring (bicyclic) bond motifs is 1. The van der Waals surface area contributed by atoms with Crippen LogP contribution in [0.1, 0.15) is 20.8 Å². The molecule has 2 fully saturated rings. The van der Waals surface area contributed by atoms with Crippen molar-refractivity contribution in [1.29, 1.82) is 0 Å². The van der Waals surface area contributed by atoms with E-state index in [1.807, 2.05) is 0 Å². The summed E-state index contributed by atoms with van der Waals surface area (Å²) in [6.07, 6.45) is 0. The summed E-state index contributed by atoms with van der Waals surface area (Å²) in [5.41, 5.74) is 0.270. The van der Waals surface area contributed by atoms with Gasteiger partial charge >= 0.3 is 0 Å². The van der Waals surface area contributed by atoms with Crippen molar-refractivity contribution in [1.82, 2.24) is 15.5 Å². The van der Waals surface area contributed by atoms with Crippen LogP contribution in [0.3, 0.4) is 0 Å². The predicted molar refractivity (Wildman–Crippen MR) is 64.2 cm³/mol. The molecule has 2 heterocycles. The van der Waals surface area contributed by atoms with E-state index in [1.54, 1.807) is 6.92 Å². The second-order valence-corrected chi connectivity index (χ2v) is 5.61. The van der Waals surface area contributed by atoms with Crippen molar-refractivity contribution >= 4 is 5.91 Å². The average molecular weight is 225 g/mol. The lowest BCUT2D eigenvalue weighted by Gasteiger charge is -2.35. The molecule has 0 aliphatic carbocycles. The first-order valence-electron chi connectivity index (χ1n) is 6.22. The minimum Gasteiger partial charge on any atom is -0.355 e. The molecule has 0 aromatic carbocycles. The van der Waals surface area contributed by atoms with Gasteiger partial charge in [0.1, 0.15) is 0 Å². The summed E-state index contributed by atoms with van der Waals surface area (Å²) >= 11 is 0. The Kier molecular flexibility index (Phi) is 3.22. The number of rotatable bonds is 3. The zero-order chi connectivity index (χ0) is 11.8. The fourth-order valence-electron chi connectivity index (χ4n) is 3.25. The van der Waals surface area contributed by atoms with Crippen molar-refractivity contribution in [3.05, 3.63) is 0 Å². The lowest BCUT2D eigenvalue weighted by Crippen LogP contribution is -2.47. The largest absolute Gasteiger partial charge is 0.355 e. The monoisotopic (exact) mass is 225 g/mol. The third kappa shape index (κ3) is 2.09. The molecule has 0 spiro atoms. The molecular weight excluding hydrogens is 202 g/mol. The van der Waals surface area contributed by atoms with E-state index in [9.17, 15) is 4.79 Å². The molecule has 4 heteroatoms. The number of hydrogen-bond donors (Lipinski definition) is 2. The molecule has 2 N–H and O–H groups in total. The molecular formula is C12H23N3O. The van der Waals surface area contributed by atoms with Gasteiger partial charge in [0.15, 0.2) is 0 Å². The van der Waals surface area contributed by atoms with Crippen LogP contribution < -0.4 is 10.6 Å². The third-order valence-electron chi connectivity index (χ3n) is 4.27. The Morgan fingerprint density at radius 2 is 2.25 bits per heavy atom. The molecule has 0 aromatic rings. The van der Waals surface area contributed by atoms with Gasteiger partial charge in [-0.15, -0.1) is 0 Å². The van der Waals surface area contributed by atoms with Gasteiger partial charge in [0, 0.05) is 38.6 Å². The van der Waals surface area contributed by atoms with Gasteiger partial charge in [0.05, 0.1) is 0 Å². The second-order valence-electron chi connectivity index (χ2n) is 5.61. The molecule has 2 atom stereocenters. The fourth-order valence-corrected chi connectivity index (χ4v) is 3.25. The minimum atomic E-state index is 0.0684. The van der Waals surface area contributed by atoms with Gasteiger partial charge < -0.3 is 10.6 Å². The quantitative estimate of drug-likeness (QED) is 0.713. The molecule has 4 nitrogen and oxygen atoms in total. The fraction of sp³-hybridized carbons (Fsp3) is 0.917. The summed E-state index contributed by atoms with van der Waals surface area (Å²) in [7, 11) is 0. The number of hydrogen-bond acceptors (Lipinski definition) is 3. The number of likely N-dealkylation sites (tertiary alicyclic amines) is 1. The van der Waals surface area contributed by atoms with Gasteiger partial charge in [0.25, 0.3) is 0 Å². The van der Waals surface area contributed by atoms with Crippen molar-refractivity contribution < 1.29 is 4.79 Å². The molecule has 92 valence electrons. The van der Waals surface area contributed by atoms with E-state index >= 15 is 0 Å². The topological polar surface area (TPSA) is 44.4 Å². The Morgan fingerprint density at radius 1 is 1.50 bits per heavy atom. The molecule has 2 aliphatic heterocycles. The number of amides is 1. The SMILES string of the molecule is CC(=O)NCCN1CC2CNCC2C1(C)C. The molecule has 2 aliphatic rings. The van der Waals surface area contributed by atoms with Crippen LogP contribution in [0.15, 0.2) is 0 Å². The Morgan fingerprint density at radius 3 is 2.88 bits per heavy atom. The third-order valence-corrected chi connectivity index (χ3v) is 4.27. The zero-order valence-corrected chi connectivity index (χ0v) is 10.5. The van der Waals surface area contributed by atoms with Crippen molar-refractivity contribution in [2.75, 3.05) is 32.7 Å². The van der Waals surface area contributed by atoms with E-state index in [4.69, 9.17) is 0 Å². The Hall–Kier alpha value is -0.610. The minimum absolute atomic E-state index is 0.0684. The highest BCUT2D eigenvalue weighted by molar-refractivity contribution is 5.72. The molecule has 0 saturated carbocycles. The van der Waals surface area contributed by atoms with Crippen LogP contribution >= 0.6 is 0 Å². The van der Waals surface area contributed by atoms with E-state index < -0.39 is 0 Å². The zero-order valence-electron chi connectivity index (χ0n) is 10.5. The smallest absolute Gasteiger partial charge is 0.216 e. The molecule has 2 saturated heterocycles. The highest BCUT2D eigenvalue weighted by Gasteiger charge is 2.48. The predicted octanol–water partition coefficient (Wildman–Crippen LogP) is 0.0523. The highest BCUT2D eigenvalue weighted by atomic mass is 16.1. The second kappa shape index (κ2) is 4.34. The number of carbonyl (C=O) groups is 1. The maximum Gasteiger partial charge on any atom is 0.216 e. The van der Waals surface area contributed by atoms with E-state index in [-0.39, 0.29) is 11.4 Å². The number of nitrogens with one attached hydrogen (secondary N) is 2. The Balaban J connectivity index is 1.89. The lowest BCUT2D eigenvalue weighted by atomic mass is 9.85. The van der Waals surface area contributed by atoms with Crippen molar-refractivity contribution in [3.8, 4) is 0 Å².